The molecule has 10 aromatic rings. The highest BCUT2D eigenvalue weighted by molar-refractivity contribution is 6.50. The first-order chi connectivity index (χ1) is 22.0. The molecule has 7 aromatic carbocycles. The quantitative estimate of drug-likeness (QED) is 0.197. The van der Waals surface area contributed by atoms with Crippen LogP contribution in [0.25, 0.3) is 92.6 Å². The molecule has 210 valence electrons. The van der Waals surface area contributed by atoms with Gasteiger partial charge in [0.2, 0.25) is 0 Å². The normalized spacial score (nSPS) is 12.4. The Bertz CT molecular complexity index is 2740. The summed E-state index contributed by atoms with van der Waals surface area (Å²) in [6.07, 6.45) is 7.18. The van der Waals surface area contributed by atoms with Crippen LogP contribution >= 0.6 is 0 Å². The summed E-state index contributed by atoms with van der Waals surface area (Å²) < 4.78 is 1.40. The minimum atomic E-state index is -0.278. The third kappa shape index (κ3) is 2.97. The lowest BCUT2D eigenvalue weighted by Gasteiger charge is -2.12. The molecule has 0 aliphatic heterocycles. The van der Waals surface area contributed by atoms with E-state index in [0.717, 1.165) is 81.9 Å². The van der Waals surface area contributed by atoms with Gasteiger partial charge in [-0.2, -0.15) is 0 Å². The Morgan fingerprint density at radius 3 is 1.49 bits per heavy atom. The zero-order valence-corrected chi connectivity index (χ0v) is 24.5. The summed E-state index contributed by atoms with van der Waals surface area (Å²) in [5, 5.41) is 11.6. The number of rotatable bonds is 3. The second kappa shape index (κ2) is 8.36. The average Bonchev–Trinajstić information content (AvgIpc) is 3.57. The summed E-state index contributed by atoms with van der Waals surface area (Å²) in [6, 6.07) is 27.0. The van der Waals surface area contributed by atoms with Crippen LogP contribution in [0, 0.1) is 13.8 Å². The van der Waals surface area contributed by atoms with Gasteiger partial charge in [-0.25, -0.2) is 4.57 Å². The largest absolute Gasteiger partial charge is 0.268 e. The van der Waals surface area contributed by atoms with E-state index in [1.54, 1.807) is 24.8 Å². The maximum atomic E-state index is 14.7. The van der Waals surface area contributed by atoms with E-state index < -0.39 is 0 Å². The van der Waals surface area contributed by atoms with E-state index in [0.29, 0.717) is 16.5 Å². The fraction of sp³-hybridized carbons (Fsp3) is 0.0500. The molecule has 0 saturated carbocycles. The fourth-order valence-electron chi connectivity index (χ4n) is 7.91. The van der Waals surface area contributed by atoms with Gasteiger partial charge in [-0.05, 0) is 144 Å². The highest BCUT2D eigenvalue weighted by Gasteiger charge is 2.29. The molecule has 0 N–H and O–H groups in total. The third-order valence-electron chi connectivity index (χ3n) is 9.84. The Labute approximate surface area is 256 Å². The van der Waals surface area contributed by atoms with Gasteiger partial charge in [0.25, 0.3) is 11.1 Å². The van der Waals surface area contributed by atoms with Gasteiger partial charge in [0.1, 0.15) is 0 Å². The molecule has 0 atom stereocenters. The lowest BCUT2D eigenvalue weighted by Crippen LogP contribution is -2.24. The lowest BCUT2D eigenvalue weighted by atomic mass is 9.89. The minimum absolute atomic E-state index is 0.278. The van der Waals surface area contributed by atoms with Crippen molar-refractivity contribution in [2.45, 2.75) is 13.8 Å². The number of aromatic nitrogens is 3. The second-order valence-electron chi connectivity index (χ2n) is 12.2. The molecule has 0 unspecified atom stereocenters. The smallest absolute Gasteiger partial charge is 0.266 e. The number of fused-ring (bicyclic) bond motifs is 3. The Hall–Kier alpha value is -5.94. The zero-order valence-electron chi connectivity index (χ0n) is 24.5. The molecule has 45 heavy (non-hydrogen) atoms. The number of benzene rings is 6. The summed E-state index contributed by atoms with van der Waals surface area (Å²) in [7, 11) is 0. The molecule has 0 aliphatic rings. The summed E-state index contributed by atoms with van der Waals surface area (Å²) >= 11 is 0. The maximum absolute atomic E-state index is 14.7. The van der Waals surface area contributed by atoms with Crippen molar-refractivity contribution in [3.8, 4) is 27.9 Å². The minimum Gasteiger partial charge on any atom is -0.268 e. The van der Waals surface area contributed by atoms with E-state index in [2.05, 4.69) is 46.4 Å². The second-order valence-corrected chi connectivity index (χ2v) is 12.2. The van der Waals surface area contributed by atoms with Crippen LogP contribution in [0.2, 0.25) is 0 Å². The number of hydrogen-bond donors (Lipinski definition) is 0. The van der Waals surface area contributed by atoms with Crippen LogP contribution in [0.15, 0.2) is 113 Å². The molecule has 0 saturated heterocycles. The van der Waals surface area contributed by atoms with Gasteiger partial charge in [-0.1, -0.05) is 36.4 Å². The van der Waals surface area contributed by atoms with Crippen LogP contribution < -0.4 is 11.1 Å². The zero-order chi connectivity index (χ0) is 30.1. The molecule has 3 aromatic heterocycles. The topological polar surface area (TPSA) is 64.8 Å². The average molecular weight is 578 g/mol. The fourth-order valence-corrected chi connectivity index (χ4v) is 7.91. The van der Waals surface area contributed by atoms with Crippen LogP contribution in [0.4, 0.5) is 0 Å². The van der Waals surface area contributed by atoms with Crippen LogP contribution in [-0.2, 0) is 0 Å². The monoisotopic (exact) mass is 577 g/mol. The molecular formula is C40H23N3O2. The highest BCUT2D eigenvalue weighted by atomic mass is 16.2. The summed E-state index contributed by atoms with van der Waals surface area (Å²) in [4.78, 5) is 37.9. The predicted molar refractivity (Wildman–Crippen MR) is 184 cm³/mol. The van der Waals surface area contributed by atoms with E-state index in [9.17, 15) is 9.59 Å². The van der Waals surface area contributed by atoms with Crippen molar-refractivity contribution in [2.24, 2.45) is 0 Å². The van der Waals surface area contributed by atoms with Crippen molar-refractivity contribution in [1.29, 1.82) is 0 Å². The number of aryl methyl sites for hydroxylation is 2. The highest BCUT2D eigenvalue weighted by Crippen LogP contribution is 2.53. The molecule has 3 heterocycles. The first kappa shape index (κ1) is 24.5. The SMILES string of the molecule is Cc1ccc(C)c(-n2c(=O)c3c4cc(-c5ccncc5)c5ccc6ccc7c(-c8ccncc8)cc(c3c2=O)c2c7c6c5c42)c1. The maximum Gasteiger partial charge on any atom is 0.266 e. The molecule has 5 nitrogen and oxygen atoms in total. The third-order valence-corrected chi connectivity index (χ3v) is 9.84. The van der Waals surface area contributed by atoms with Gasteiger partial charge in [0.15, 0.2) is 0 Å². The van der Waals surface area contributed by atoms with Crippen molar-refractivity contribution in [3.05, 3.63) is 135 Å². The predicted octanol–water partition coefficient (Wildman–Crippen LogP) is 8.61. The van der Waals surface area contributed by atoms with Crippen LogP contribution in [0.5, 0.6) is 0 Å². The Morgan fingerprint density at radius 2 is 0.978 bits per heavy atom. The van der Waals surface area contributed by atoms with Gasteiger partial charge >= 0.3 is 0 Å². The van der Waals surface area contributed by atoms with Crippen LogP contribution in [0.1, 0.15) is 11.1 Å². The number of pyridine rings is 2. The molecule has 0 aliphatic carbocycles. The molecule has 0 fully saturated rings. The van der Waals surface area contributed by atoms with Gasteiger partial charge in [0, 0.05) is 24.8 Å². The van der Waals surface area contributed by atoms with Crippen molar-refractivity contribution in [2.75, 3.05) is 0 Å². The molecule has 5 heteroatoms. The standard InChI is InChI=1S/C40H23N3O2/c1-20-3-4-21(2)31(17-20)43-39(44)37-29-18-27(22-9-13-41-14-10-22)25-7-5-24-6-8-26-28(23-11-15-42-16-12-23)19-30(38(37)40(43)45)36-34(26)32(24)33(25)35(29)36/h3-19H,1-2H3. The van der Waals surface area contributed by atoms with E-state index in [-0.39, 0.29) is 11.1 Å². The van der Waals surface area contributed by atoms with E-state index >= 15 is 0 Å². The van der Waals surface area contributed by atoms with Gasteiger partial charge in [-0.15, -0.1) is 0 Å². The van der Waals surface area contributed by atoms with E-state index in [1.165, 1.54) is 9.95 Å². The summed E-state index contributed by atoms with van der Waals surface area (Å²) in [5.41, 5.74) is 6.03. The van der Waals surface area contributed by atoms with Crippen LogP contribution in [0.3, 0.4) is 0 Å². The van der Waals surface area contributed by atoms with Gasteiger partial charge < -0.3 is 0 Å². The summed E-state index contributed by atoms with van der Waals surface area (Å²) in [5.74, 6) is 0. The number of nitrogens with zero attached hydrogens (tertiary/aromatic N) is 3. The van der Waals surface area contributed by atoms with Gasteiger partial charge in [0.05, 0.1) is 16.5 Å². The van der Waals surface area contributed by atoms with Crippen molar-refractivity contribution >= 4 is 64.6 Å². The Balaban J connectivity index is 1.54. The lowest BCUT2D eigenvalue weighted by molar-refractivity contribution is 0.976. The first-order valence-electron chi connectivity index (χ1n) is 15.1. The summed E-state index contributed by atoms with van der Waals surface area (Å²) in [6.45, 7) is 3.93. The molecule has 0 amide bonds. The molecule has 0 bridgehead atoms. The first-order valence-corrected chi connectivity index (χ1v) is 15.1. The van der Waals surface area contributed by atoms with Crippen molar-refractivity contribution in [3.63, 3.8) is 0 Å². The van der Waals surface area contributed by atoms with Gasteiger partial charge in [-0.3, -0.25) is 19.6 Å². The van der Waals surface area contributed by atoms with E-state index in [1.807, 2.05) is 56.3 Å². The molecule has 0 spiro atoms. The number of hydrogen-bond acceptors (Lipinski definition) is 4. The van der Waals surface area contributed by atoms with E-state index in [4.69, 9.17) is 0 Å². The molecule has 10 rings (SSSR count). The molecule has 0 radical (unpaired) electrons. The van der Waals surface area contributed by atoms with Crippen molar-refractivity contribution in [1.82, 2.24) is 14.5 Å². The Kier molecular flexibility index (Phi) is 4.55. The van der Waals surface area contributed by atoms with Crippen LogP contribution in [-0.4, -0.2) is 14.5 Å². The molecular weight excluding hydrogens is 554 g/mol. The van der Waals surface area contributed by atoms with Crippen molar-refractivity contribution < 1.29 is 0 Å². The Morgan fingerprint density at radius 1 is 0.489 bits per heavy atom.